The molecule has 2 heterocycles. The van der Waals surface area contributed by atoms with Crippen LogP contribution in [0.3, 0.4) is 0 Å². The number of hydrogen-bond acceptors (Lipinski definition) is 3. The zero-order chi connectivity index (χ0) is 18.6. The molecule has 0 amide bonds. The summed E-state index contributed by atoms with van der Waals surface area (Å²) in [6.45, 7) is 5.56. The van der Waals surface area contributed by atoms with Gasteiger partial charge in [0.25, 0.3) is 0 Å². The second-order valence-electron chi connectivity index (χ2n) is 7.79. The average molecular weight is 361 g/mol. The number of hydrogen-bond donors (Lipinski definition) is 0. The molecule has 1 aliphatic heterocycles. The number of nitrogens with zero attached hydrogens (tertiary/aromatic N) is 4. The molecule has 4 rings (SSSR count). The highest BCUT2D eigenvalue weighted by Gasteiger charge is 2.21. The minimum absolute atomic E-state index is 0.729. The number of aryl methyl sites for hydroxylation is 2. The lowest BCUT2D eigenvalue weighted by Gasteiger charge is -2.31. The number of benzene rings is 2. The molecule has 1 fully saturated rings. The number of aromatic nitrogens is 3. The van der Waals surface area contributed by atoms with Gasteiger partial charge in [0.05, 0.1) is 0 Å². The summed E-state index contributed by atoms with van der Waals surface area (Å²) in [6.07, 6.45) is 5.34. The fourth-order valence-electron chi connectivity index (χ4n) is 4.04. The maximum atomic E-state index is 4.24. The van der Waals surface area contributed by atoms with Gasteiger partial charge in [-0.3, -0.25) is 4.90 Å². The molecule has 0 radical (unpaired) electrons. The van der Waals surface area contributed by atoms with E-state index in [-0.39, 0.29) is 0 Å². The Bertz CT molecular complexity index is 873. The Morgan fingerprint density at radius 1 is 1.00 bits per heavy atom. The Hall–Kier alpha value is -2.46. The van der Waals surface area contributed by atoms with Gasteiger partial charge in [0.15, 0.2) is 0 Å². The lowest BCUT2D eigenvalue weighted by Crippen LogP contribution is -2.34. The van der Waals surface area contributed by atoms with Crippen molar-refractivity contribution >= 4 is 0 Å². The second kappa shape index (κ2) is 8.05. The molecule has 3 aromatic rings. The predicted molar refractivity (Wildman–Crippen MR) is 109 cm³/mol. The molecule has 0 bridgehead atoms. The van der Waals surface area contributed by atoms with Crippen LogP contribution in [0, 0.1) is 12.8 Å². The number of rotatable bonds is 5. The van der Waals surface area contributed by atoms with Crippen LogP contribution in [0.25, 0.3) is 11.1 Å². The van der Waals surface area contributed by atoms with Gasteiger partial charge in [-0.15, -0.1) is 10.2 Å². The third-order valence-corrected chi connectivity index (χ3v) is 5.80. The Morgan fingerprint density at radius 3 is 2.41 bits per heavy atom. The molecule has 4 heteroatoms. The maximum Gasteiger partial charge on any atom is 0.132 e. The van der Waals surface area contributed by atoms with E-state index >= 15 is 0 Å². The Balaban J connectivity index is 1.31. The van der Waals surface area contributed by atoms with Crippen molar-refractivity contribution in [3.05, 3.63) is 71.8 Å². The van der Waals surface area contributed by atoms with Gasteiger partial charge in [-0.1, -0.05) is 48.5 Å². The van der Waals surface area contributed by atoms with Gasteiger partial charge in [-0.25, -0.2) is 0 Å². The third kappa shape index (κ3) is 4.28. The molecule has 1 aliphatic rings. The predicted octanol–water partition coefficient (Wildman–Crippen LogP) is 4.25. The molecule has 4 nitrogen and oxygen atoms in total. The van der Waals surface area contributed by atoms with Crippen LogP contribution in [0.4, 0.5) is 0 Å². The highest BCUT2D eigenvalue weighted by atomic mass is 15.2. The highest BCUT2D eigenvalue weighted by molar-refractivity contribution is 5.67. The second-order valence-corrected chi connectivity index (χ2v) is 7.79. The van der Waals surface area contributed by atoms with Crippen LogP contribution in [0.5, 0.6) is 0 Å². The van der Waals surface area contributed by atoms with Crippen LogP contribution in [0.15, 0.2) is 54.9 Å². The fourth-order valence-corrected chi connectivity index (χ4v) is 4.04. The van der Waals surface area contributed by atoms with E-state index in [0.29, 0.717) is 0 Å². The summed E-state index contributed by atoms with van der Waals surface area (Å²) < 4.78 is 2.04. The standard InChI is InChI=1S/C23H28N4/c1-18-5-3-4-6-22(18)21-9-7-20(8-10-21)16-27-13-11-19(12-14-27)15-23-25-24-17-26(23)2/h3-10,17,19H,11-16H2,1-2H3. The molecule has 0 aliphatic carbocycles. The summed E-state index contributed by atoms with van der Waals surface area (Å²) in [7, 11) is 2.03. The molecule has 1 aromatic heterocycles. The summed E-state index contributed by atoms with van der Waals surface area (Å²) in [5.41, 5.74) is 5.36. The molecule has 0 saturated carbocycles. The van der Waals surface area contributed by atoms with Gasteiger partial charge in [0, 0.05) is 20.0 Å². The maximum absolute atomic E-state index is 4.24. The zero-order valence-electron chi connectivity index (χ0n) is 16.3. The third-order valence-electron chi connectivity index (χ3n) is 5.80. The van der Waals surface area contributed by atoms with Crippen LogP contribution in [-0.2, 0) is 20.0 Å². The van der Waals surface area contributed by atoms with E-state index in [4.69, 9.17) is 0 Å². The van der Waals surface area contributed by atoms with Crippen LogP contribution < -0.4 is 0 Å². The van der Waals surface area contributed by atoms with Crippen molar-refractivity contribution in [1.82, 2.24) is 19.7 Å². The molecule has 140 valence electrons. The van der Waals surface area contributed by atoms with Crippen molar-refractivity contribution in [2.24, 2.45) is 13.0 Å². The highest BCUT2D eigenvalue weighted by Crippen LogP contribution is 2.25. The van der Waals surface area contributed by atoms with E-state index in [1.807, 2.05) is 11.6 Å². The molecule has 2 aromatic carbocycles. The molecular formula is C23H28N4. The van der Waals surface area contributed by atoms with E-state index < -0.39 is 0 Å². The van der Waals surface area contributed by atoms with Crippen LogP contribution >= 0.6 is 0 Å². The van der Waals surface area contributed by atoms with E-state index in [1.54, 1.807) is 6.33 Å². The smallest absolute Gasteiger partial charge is 0.132 e. The topological polar surface area (TPSA) is 34.0 Å². The number of piperidine rings is 1. The Morgan fingerprint density at radius 2 is 1.74 bits per heavy atom. The van der Waals surface area contributed by atoms with Crippen molar-refractivity contribution in [3.63, 3.8) is 0 Å². The summed E-state index contributed by atoms with van der Waals surface area (Å²) in [4.78, 5) is 2.58. The van der Waals surface area contributed by atoms with Crippen molar-refractivity contribution in [3.8, 4) is 11.1 Å². The summed E-state index contributed by atoms with van der Waals surface area (Å²) in [6, 6.07) is 17.7. The fraction of sp³-hybridized carbons (Fsp3) is 0.391. The van der Waals surface area contributed by atoms with E-state index in [2.05, 4.69) is 70.6 Å². The van der Waals surface area contributed by atoms with Gasteiger partial charge in [-0.2, -0.15) is 0 Å². The minimum atomic E-state index is 0.729. The van der Waals surface area contributed by atoms with E-state index in [0.717, 1.165) is 24.7 Å². The van der Waals surface area contributed by atoms with Crippen molar-refractivity contribution in [2.45, 2.75) is 32.7 Å². The lowest BCUT2D eigenvalue weighted by molar-refractivity contribution is 0.175. The summed E-state index contributed by atoms with van der Waals surface area (Å²) in [5, 5.41) is 8.23. The van der Waals surface area contributed by atoms with Crippen LogP contribution in [-0.4, -0.2) is 32.8 Å². The first kappa shape index (κ1) is 17.9. The molecule has 0 unspecified atom stereocenters. The van der Waals surface area contributed by atoms with Gasteiger partial charge in [0.2, 0.25) is 0 Å². The Kier molecular flexibility index (Phi) is 5.35. The van der Waals surface area contributed by atoms with Crippen LogP contribution in [0.2, 0.25) is 0 Å². The first-order valence-corrected chi connectivity index (χ1v) is 9.89. The summed E-state index contributed by atoms with van der Waals surface area (Å²) in [5.74, 6) is 1.84. The van der Waals surface area contributed by atoms with Gasteiger partial charge < -0.3 is 4.57 Å². The quantitative estimate of drug-likeness (QED) is 0.682. The molecule has 0 atom stereocenters. The normalized spacial score (nSPS) is 15.9. The largest absolute Gasteiger partial charge is 0.321 e. The molecular weight excluding hydrogens is 332 g/mol. The molecule has 0 N–H and O–H groups in total. The average Bonchev–Trinajstić information content (AvgIpc) is 3.09. The number of likely N-dealkylation sites (tertiary alicyclic amines) is 1. The van der Waals surface area contributed by atoms with Crippen molar-refractivity contribution in [2.75, 3.05) is 13.1 Å². The van der Waals surface area contributed by atoms with Gasteiger partial charge >= 0.3 is 0 Å². The lowest BCUT2D eigenvalue weighted by atomic mass is 9.93. The minimum Gasteiger partial charge on any atom is -0.321 e. The summed E-state index contributed by atoms with van der Waals surface area (Å²) >= 11 is 0. The van der Waals surface area contributed by atoms with Gasteiger partial charge in [-0.05, 0) is 61.0 Å². The molecule has 1 saturated heterocycles. The zero-order valence-corrected chi connectivity index (χ0v) is 16.3. The molecule has 27 heavy (non-hydrogen) atoms. The first-order valence-electron chi connectivity index (χ1n) is 9.89. The first-order chi connectivity index (χ1) is 13.2. The molecule has 0 spiro atoms. The van der Waals surface area contributed by atoms with Gasteiger partial charge in [0.1, 0.15) is 12.2 Å². The van der Waals surface area contributed by atoms with E-state index in [9.17, 15) is 0 Å². The monoisotopic (exact) mass is 360 g/mol. The van der Waals surface area contributed by atoms with Crippen molar-refractivity contribution in [1.29, 1.82) is 0 Å². The van der Waals surface area contributed by atoms with E-state index in [1.165, 1.54) is 48.2 Å². The van der Waals surface area contributed by atoms with Crippen LogP contribution in [0.1, 0.15) is 29.8 Å². The van der Waals surface area contributed by atoms with Crippen molar-refractivity contribution < 1.29 is 0 Å². The SMILES string of the molecule is Cc1ccccc1-c1ccc(CN2CCC(Cc3nncn3C)CC2)cc1. The Labute approximate surface area is 161 Å².